The molecule has 4 aromatic rings. The first kappa shape index (κ1) is 23.2. The Hall–Kier alpha value is -3.58. The summed E-state index contributed by atoms with van der Waals surface area (Å²) in [6, 6.07) is 21.8. The molecule has 1 aromatic heterocycles. The fraction of sp³-hybridized carbons (Fsp3) is 0.250. The number of nitrogens with zero attached hydrogens (tertiary/aromatic N) is 3. The minimum atomic E-state index is -0.225. The number of fused-ring (bicyclic) bond motifs is 1. The fourth-order valence-electron chi connectivity index (χ4n) is 4.55. The molecule has 178 valence electrons. The number of aryl methyl sites for hydroxylation is 3. The molecule has 0 spiro atoms. The molecular formula is C28H28N4O2S. The molecule has 1 fully saturated rings. The van der Waals surface area contributed by atoms with Crippen molar-refractivity contribution >= 4 is 34.5 Å². The van der Waals surface area contributed by atoms with E-state index in [9.17, 15) is 9.59 Å². The third-order valence-electron chi connectivity index (χ3n) is 6.64. The van der Waals surface area contributed by atoms with Crippen molar-refractivity contribution < 1.29 is 9.59 Å². The molecule has 35 heavy (non-hydrogen) atoms. The Morgan fingerprint density at radius 2 is 1.80 bits per heavy atom. The van der Waals surface area contributed by atoms with Gasteiger partial charge in [0, 0.05) is 36.8 Å². The highest BCUT2D eigenvalue weighted by Gasteiger charge is 2.32. The first-order valence-corrected chi connectivity index (χ1v) is 12.8. The number of carbonyl (C=O) groups excluding carboxylic acids is 2. The maximum atomic E-state index is 13.7. The highest BCUT2D eigenvalue weighted by Crippen LogP contribution is 2.30. The van der Waals surface area contributed by atoms with Gasteiger partial charge in [-0.1, -0.05) is 54.6 Å². The molecule has 2 amide bonds. The van der Waals surface area contributed by atoms with Crippen LogP contribution < -0.4 is 5.32 Å². The van der Waals surface area contributed by atoms with Crippen LogP contribution in [0.3, 0.4) is 0 Å². The molecule has 2 heterocycles. The van der Waals surface area contributed by atoms with Crippen molar-refractivity contribution in [1.82, 2.24) is 20.0 Å². The van der Waals surface area contributed by atoms with E-state index in [1.807, 2.05) is 60.5 Å². The molecule has 6 nitrogen and oxygen atoms in total. The number of thioether (sulfide) groups is 1. The van der Waals surface area contributed by atoms with E-state index >= 15 is 0 Å². The van der Waals surface area contributed by atoms with Crippen LogP contribution in [0.15, 0.2) is 66.7 Å². The minimum absolute atomic E-state index is 0.00800. The van der Waals surface area contributed by atoms with Crippen LogP contribution in [0.4, 0.5) is 0 Å². The predicted molar refractivity (Wildman–Crippen MR) is 142 cm³/mol. The van der Waals surface area contributed by atoms with Gasteiger partial charge in [-0.15, -0.1) is 11.8 Å². The summed E-state index contributed by atoms with van der Waals surface area (Å²) < 4.78 is 1.72. The van der Waals surface area contributed by atoms with Gasteiger partial charge in [0.05, 0.1) is 10.9 Å². The molecule has 0 bridgehead atoms. The van der Waals surface area contributed by atoms with Crippen molar-refractivity contribution in [2.75, 3.05) is 18.8 Å². The third-order valence-corrected chi connectivity index (χ3v) is 7.86. The number of hydrogen-bond donors (Lipinski definition) is 1. The monoisotopic (exact) mass is 484 g/mol. The normalized spacial score (nSPS) is 15.5. The number of benzene rings is 3. The van der Waals surface area contributed by atoms with Gasteiger partial charge >= 0.3 is 0 Å². The second kappa shape index (κ2) is 9.58. The first-order chi connectivity index (χ1) is 16.9. The SMILES string of the molecule is Cc1ccc(-c2ccccc2C(=O)N2CCSC2CNC(=O)c2nn(C)c3ccccc23)cc1C. The summed E-state index contributed by atoms with van der Waals surface area (Å²) in [7, 11) is 1.83. The standard InChI is InChI=1S/C28H28N4O2S/c1-18-12-13-20(16-19(18)2)21-8-4-5-9-22(21)28(34)32-14-15-35-25(32)17-29-27(33)26-23-10-6-7-11-24(23)31(3)30-26/h4-13,16,25H,14-15,17H2,1-3H3,(H,29,33). The van der Waals surface area contributed by atoms with E-state index in [1.54, 1.807) is 16.4 Å². The highest BCUT2D eigenvalue weighted by molar-refractivity contribution is 8.00. The van der Waals surface area contributed by atoms with Gasteiger partial charge in [-0.2, -0.15) is 5.10 Å². The molecule has 5 rings (SSSR count). The maximum Gasteiger partial charge on any atom is 0.272 e. The summed E-state index contributed by atoms with van der Waals surface area (Å²) in [5.41, 5.74) is 6.40. The van der Waals surface area contributed by atoms with Gasteiger partial charge in [0.25, 0.3) is 11.8 Å². The molecule has 1 aliphatic heterocycles. The van der Waals surface area contributed by atoms with E-state index < -0.39 is 0 Å². The highest BCUT2D eigenvalue weighted by atomic mass is 32.2. The molecule has 7 heteroatoms. The number of nitrogens with one attached hydrogen (secondary N) is 1. The quantitative estimate of drug-likeness (QED) is 0.442. The predicted octanol–water partition coefficient (Wildman–Crippen LogP) is 4.80. The van der Waals surface area contributed by atoms with E-state index in [1.165, 1.54) is 11.1 Å². The molecule has 0 radical (unpaired) electrons. The summed E-state index contributed by atoms with van der Waals surface area (Å²) in [4.78, 5) is 28.5. The molecule has 1 N–H and O–H groups in total. The summed E-state index contributed by atoms with van der Waals surface area (Å²) in [6.45, 7) is 5.19. The topological polar surface area (TPSA) is 67.2 Å². The second-order valence-electron chi connectivity index (χ2n) is 8.87. The van der Waals surface area contributed by atoms with Gasteiger partial charge in [0.2, 0.25) is 0 Å². The number of amides is 2. The van der Waals surface area contributed by atoms with Gasteiger partial charge < -0.3 is 10.2 Å². The van der Waals surface area contributed by atoms with Crippen LogP contribution in [0.1, 0.15) is 32.0 Å². The molecule has 3 aromatic carbocycles. The van der Waals surface area contributed by atoms with Crippen LogP contribution in [-0.4, -0.2) is 50.7 Å². The Morgan fingerprint density at radius 1 is 1.03 bits per heavy atom. The van der Waals surface area contributed by atoms with Gasteiger partial charge in [0.1, 0.15) is 0 Å². The van der Waals surface area contributed by atoms with Crippen LogP contribution in [0.25, 0.3) is 22.0 Å². The van der Waals surface area contributed by atoms with Gasteiger partial charge in [-0.05, 0) is 48.2 Å². The van der Waals surface area contributed by atoms with Crippen molar-refractivity contribution in [3.8, 4) is 11.1 Å². The lowest BCUT2D eigenvalue weighted by Gasteiger charge is -2.25. The molecule has 0 aliphatic carbocycles. The first-order valence-electron chi connectivity index (χ1n) is 11.7. The maximum absolute atomic E-state index is 13.7. The van der Waals surface area contributed by atoms with Crippen LogP contribution in [-0.2, 0) is 7.05 Å². The Labute approximate surface area is 209 Å². The van der Waals surface area contributed by atoms with Crippen molar-refractivity contribution in [3.05, 3.63) is 89.1 Å². The molecule has 1 saturated heterocycles. The Morgan fingerprint density at radius 3 is 2.63 bits per heavy atom. The van der Waals surface area contributed by atoms with E-state index in [4.69, 9.17) is 0 Å². The lowest BCUT2D eigenvalue weighted by molar-refractivity contribution is 0.0751. The Balaban J connectivity index is 1.34. The lowest BCUT2D eigenvalue weighted by Crippen LogP contribution is -2.42. The van der Waals surface area contributed by atoms with Crippen molar-refractivity contribution in [2.45, 2.75) is 19.2 Å². The Bertz CT molecular complexity index is 1430. The molecule has 1 aliphatic rings. The van der Waals surface area contributed by atoms with Crippen LogP contribution >= 0.6 is 11.8 Å². The largest absolute Gasteiger partial charge is 0.348 e. The number of carbonyl (C=O) groups is 2. The van der Waals surface area contributed by atoms with Gasteiger partial charge in [0.15, 0.2) is 5.69 Å². The van der Waals surface area contributed by atoms with Crippen molar-refractivity contribution in [2.24, 2.45) is 7.05 Å². The van der Waals surface area contributed by atoms with Gasteiger partial charge in [-0.25, -0.2) is 0 Å². The van der Waals surface area contributed by atoms with E-state index in [2.05, 4.69) is 42.5 Å². The summed E-state index contributed by atoms with van der Waals surface area (Å²) >= 11 is 1.69. The smallest absolute Gasteiger partial charge is 0.272 e. The molecule has 1 atom stereocenters. The lowest BCUT2D eigenvalue weighted by atomic mass is 9.96. The van der Waals surface area contributed by atoms with Crippen molar-refractivity contribution in [1.29, 1.82) is 0 Å². The van der Waals surface area contributed by atoms with Crippen LogP contribution in [0.2, 0.25) is 0 Å². The molecule has 0 saturated carbocycles. The van der Waals surface area contributed by atoms with Crippen LogP contribution in [0.5, 0.6) is 0 Å². The van der Waals surface area contributed by atoms with Crippen molar-refractivity contribution in [3.63, 3.8) is 0 Å². The number of aromatic nitrogens is 2. The zero-order chi connectivity index (χ0) is 24.5. The average Bonchev–Trinajstić information content (AvgIpc) is 3.48. The molecule has 1 unspecified atom stereocenters. The van der Waals surface area contributed by atoms with E-state index in [0.29, 0.717) is 24.3 Å². The van der Waals surface area contributed by atoms with E-state index in [0.717, 1.165) is 27.8 Å². The molecular weight excluding hydrogens is 456 g/mol. The summed E-state index contributed by atoms with van der Waals surface area (Å²) in [5, 5.41) is 8.12. The van der Waals surface area contributed by atoms with E-state index in [-0.39, 0.29) is 17.2 Å². The second-order valence-corrected chi connectivity index (χ2v) is 10.2. The Kier molecular flexibility index (Phi) is 6.34. The number of rotatable bonds is 5. The summed E-state index contributed by atoms with van der Waals surface area (Å²) in [6.07, 6.45) is 0. The average molecular weight is 485 g/mol. The number of para-hydroxylation sites is 1. The zero-order valence-corrected chi connectivity index (χ0v) is 20.9. The minimum Gasteiger partial charge on any atom is -0.348 e. The van der Waals surface area contributed by atoms with Crippen LogP contribution in [0, 0.1) is 13.8 Å². The van der Waals surface area contributed by atoms with Gasteiger partial charge in [-0.3, -0.25) is 14.3 Å². The zero-order valence-electron chi connectivity index (χ0n) is 20.1. The number of hydrogen-bond acceptors (Lipinski definition) is 4. The summed E-state index contributed by atoms with van der Waals surface area (Å²) in [5.74, 6) is 0.605. The third kappa shape index (κ3) is 4.44. The fourth-order valence-corrected chi connectivity index (χ4v) is 5.71.